The Morgan fingerprint density at radius 1 is 1.44 bits per heavy atom. The summed E-state index contributed by atoms with van der Waals surface area (Å²) in [5.41, 5.74) is 1.32. The molecule has 0 aliphatic heterocycles. The minimum atomic E-state index is 0.404. The van der Waals surface area contributed by atoms with Gasteiger partial charge in [0.05, 0.1) is 5.03 Å². The summed E-state index contributed by atoms with van der Waals surface area (Å²) in [6.07, 6.45) is 3.08. The van der Waals surface area contributed by atoms with Crippen LogP contribution in [0.15, 0.2) is 23.4 Å². The van der Waals surface area contributed by atoms with E-state index in [4.69, 9.17) is 0 Å². The zero-order chi connectivity index (χ0) is 13.4. The fraction of sp³-hybridized carbons (Fsp3) is 0.643. The second-order valence-corrected chi connectivity index (χ2v) is 5.87. The Hall–Kier alpha value is -0.580. The van der Waals surface area contributed by atoms with E-state index in [1.807, 2.05) is 18.0 Å². The first-order valence-corrected chi connectivity index (χ1v) is 7.59. The summed E-state index contributed by atoms with van der Waals surface area (Å²) in [6, 6.07) is 4.71. The fourth-order valence-electron chi connectivity index (χ4n) is 1.58. The third-order valence-corrected chi connectivity index (χ3v) is 3.65. The molecule has 0 aliphatic carbocycles. The normalized spacial score (nSPS) is 12.9. The van der Waals surface area contributed by atoms with Gasteiger partial charge in [0.25, 0.3) is 0 Å². The van der Waals surface area contributed by atoms with Crippen LogP contribution in [0.25, 0.3) is 0 Å². The van der Waals surface area contributed by atoms with Crippen LogP contribution in [0.3, 0.4) is 0 Å². The zero-order valence-electron chi connectivity index (χ0n) is 11.9. The van der Waals surface area contributed by atoms with Gasteiger partial charge in [0.2, 0.25) is 0 Å². The summed E-state index contributed by atoms with van der Waals surface area (Å²) in [5.74, 6) is 1.08. The predicted octanol–water partition coefficient (Wildman–Crippen LogP) is 2.80. The van der Waals surface area contributed by atoms with E-state index in [2.05, 4.69) is 55.3 Å². The first-order chi connectivity index (χ1) is 8.63. The summed E-state index contributed by atoms with van der Waals surface area (Å²) in [6.45, 7) is 6.54. The van der Waals surface area contributed by atoms with Crippen molar-refractivity contribution in [2.45, 2.75) is 31.3 Å². The van der Waals surface area contributed by atoms with Crippen LogP contribution in [0.2, 0.25) is 0 Å². The van der Waals surface area contributed by atoms with Gasteiger partial charge in [0.15, 0.2) is 0 Å². The van der Waals surface area contributed by atoms with Crippen molar-refractivity contribution < 1.29 is 0 Å². The Balaban J connectivity index is 2.50. The molecule has 0 bridgehead atoms. The molecule has 1 aromatic rings. The lowest BCUT2D eigenvalue weighted by atomic mass is 10.1. The molecule has 1 unspecified atom stereocenters. The molecule has 0 spiro atoms. The number of hydrogen-bond acceptors (Lipinski definition) is 4. The second kappa shape index (κ2) is 8.51. The lowest BCUT2D eigenvalue weighted by Crippen LogP contribution is -2.19. The van der Waals surface area contributed by atoms with Crippen molar-refractivity contribution in [1.82, 2.24) is 15.2 Å². The predicted molar refractivity (Wildman–Crippen MR) is 80.2 cm³/mol. The Morgan fingerprint density at radius 3 is 2.89 bits per heavy atom. The van der Waals surface area contributed by atoms with E-state index in [0.29, 0.717) is 6.04 Å². The maximum Gasteiger partial charge on any atom is 0.0963 e. The van der Waals surface area contributed by atoms with Crippen molar-refractivity contribution in [1.29, 1.82) is 0 Å². The number of aromatic nitrogens is 1. The van der Waals surface area contributed by atoms with E-state index in [0.717, 1.165) is 23.9 Å². The molecule has 1 rings (SSSR count). The van der Waals surface area contributed by atoms with E-state index in [1.54, 1.807) is 0 Å². The number of pyridine rings is 1. The maximum atomic E-state index is 4.42. The minimum absolute atomic E-state index is 0.404. The summed E-state index contributed by atoms with van der Waals surface area (Å²) in [7, 11) is 4.20. The first kappa shape index (κ1) is 15.5. The average Bonchev–Trinajstić information content (AvgIpc) is 2.36. The molecular formula is C14H25N3S. The molecule has 0 aliphatic rings. The molecule has 0 amide bonds. The van der Waals surface area contributed by atoms with Gasteiger partial charge in [-0.1, -0.05) is 6.92 Å². The highest BCUT2D eigenvalue weighted by Gasteiger charge is 2.05. The van der Waals surface area contributed by atoms with Crippen LogP contribution in [0.4, 0.5) is 0 Å². The smallest absolute Gasteiger partial charge is 0.0963 e. The van der Waals surface area contributed by atoms with Crippen LogP contribution in [0.1, 0.15) is 31.9 Å². The van der Waals surface area contributed by atoms with Crippen molar-refractivity contribution in [3.05, 3.63) is 23.9 Å². The molecule has 1 N–H and O–H groups in total. The van der Waals surface area contributed by atoms with Crippen LogP contribution in [0, 0.1) is 0 Å². The molecule has 0 saturated carbocycles. The van der Waals surface area contributed by atoms with Crippen LogP contribution in [0.5, 0.6) is 0 Å². The maximum absolute atomic E-state index is 4.42. The van der Waals surface area contributed by atoms with Gasteiger partial charge >= 0.3 is 0 Å². The fourth-order valence-corrected chi connectivity index (χ4v) is 2.60. The van der Waals surface area contributed by atoms with Crippen molar-refractivity contribution >= 4 is 11.8 Å². The molecule has 1 heterocycles. The van der Waals surface area contributed by atoms with E-state index < -0.39 is 0 Å². The van der Waals surface area contributed by atoms with Crippen LogP contribution in [-0.2, 0) is 0 Å². The van der Waals surface area contributed by atoms with Gasteiger partial charge in [-0.2, -0.15) is 0 Å². The lowest BCUT2D eigenvalue weighted by molar-refractivity contribution is 0.437. The molecule has 3 nitrogen and oxygen atoms in total. The average molecular weight is 267 g/mol. The van der Waals surface area contributed by atoms with Gasteiger partial charge in [-0.15, -0.1) is 11.8 Å². The third-order valence-electron chi connectivity index (χ3n) is 2.75. The number of rotatable bonds is 8. The molecule has 0 aromatic carbocycles. The Bertz CT molecular complexity index is 342. The van der Waals surface area contributed by atoms with E-state index in [1.165, 1.54) is 12.0 Å². The van der Waals surface area contributed by atoms with E-state index in [-0.39, 0.29) is 0 Å². The zero-order valence-corrected chi connectivity index (χ0v) is 12.8. The highest BCUT2D eigenvalue weighted by atomic mass is 32.2. The van der Waals surface area contributed by atoms with Gasteiger partial charge in [-0.05, 0) is 51.7 Å². The largest absolute Gasteiger partial charge is 0.310 e. The molecule has 18 heavy (non-hydrogen) atoms. The summed E-state index contributed by atoms with van der Waals surface area (Å²) in [5, 5.41) is 4.63. The second-order valence-electron chi connectivity index (χ2n) is 4.75. The van der Waals surface area contributed by atoms with Gasteiger partial charge in [0, 0.05) is 24.5 Å². The summed E-state index contributed by atoms with van der Waals surface area (Å²) in [4.78, 5) is 6.61. The Labute approximate surface area is 115 Å². The number of nitrogens with one attached hydrogen (secondary N) is 1. The number of nitrogens with zero attached hydrogens (tertiary/aromatic N) is 2. The standard InChI is InChI=1S/C14H25N3S/c1-5-7-15-12(2)13-6-8-16-14(11-13)18-10-9-17(3)4/h6,8,11-12,15H,5,7,9-10H2,1-4H3. The van der Waals surface area contributed by atoms with Crippen molar-refractivity contribution in [2.24, 2.45) is 0 Å². The molecule has 1 atom stereocenters. The van der Waals surface area contributed by atoms with Gasteiger partial charge < -0.3 is 10.2 Å². The summed E-state index contributed by atoms with van der Waals surface area (Å²) >= 11 is 1.82. The molecular weight excluding hydrogens is 242 g/mol. The Kier molecular flexibility index (Phi) is 7.32. The quantitative estimate of drug-likeness (QED) is 0.733. The molecule has 0 fully saturated rings. The van der Waals surface area contributed by atoms with E-state index >= 15 is 0 Å². The van der Waals surface area contributed by atoms with Gasteiger partial charge in [-0.25, -0.2) is 4.98 Å². The van der Waals surface area contributed by atoms with Crippen LogP contribution in [-0.4, -0.2) is 42.8 Å². The highest BCUT2D eigenvalue weighted by Crippen LogP contribution is 2.19. The highest BCUT2D eigenvalue weighted by molar-refractivity contribution is 7.99. The SMILES string of the molecule is CCCNC(C)c1ccnc(SCCN(C)C)c1. The summed E-state index contributed by atoms with van der Waals surface area (Å²) < 4.78 is 0. The molecule has 102 valence electrons. The van der Waals surface area contributed by atoms with Gasteiger partial charge in [-0.3, -0.25) is 0 Å². The van der Waals surface area contributed by atoms with Crippen LogP contribution >= 0.6 is 11.8 Å². The van der Waals surface area contributed by atoms with Crippen molar-refractivity contribution in [2.75, 3.05) is 32.9 Å². The number of hydrogen-bond donors (Lipinski definition) is 1. The third kappa shape index (κ3) is 5.85. The molecule has 4 heteroatoms. The Morgan fingerprint density at radius 2 is 2.22 bits per heavy atom. The topological polar surface area (TPSA) is 28.2 Å². The van der Waals surface area contributed by atoms with Gasteiger partial charge in [0.1, 0.15) is 0 Å². The lowest BCUT2D eigenvalue weighted by Gasteiger charge is -2.14. The minimum Gasteiger partial charge on any atom is -0.310 e. The molecule has 1 aromatic heterocycles. The number of thioether (sulfide) groups is 1. The van der Waals surface area contributed by atoms with Crippen LogP contribution < -0.4 is 5.32 Å². The molecule has 0 saturated heterocycles. The first-order valence-electron chi connectivity index (χ1n) is 6.60. The van der Waals surface area contributed by atoms with Crippen molar-refractivity contribution in [3.8, 4) is 0 Å². The van der Waals surface area contributed by atoms with Crippen molar-refractivity contribution in [3.63, 3.8) is 0 Å². The monoisotopic (exact) mass is 267 g/mol. The molecule has 0 radical (unpaired) electrons. The van der Waals surface area contributed by atoms with E-state index in [9.17, 15) is 0 Å².